The number of rotatable bonds is 4. The maximum Gasteiger partial charge on any atom is 0.253 e. The summed E-state index contributed by atoms with van der Waals surface area (Å²) < 4.78 is 13.0. The molecular formula is C16H15ClFNO. The lowest BCUT2D eigenvalue weighted by atomic mass is 10.0. The maximum absolute atomic E-state index is 13.0. The van der Waals surface area contributed by atoms with Gasteiger partial charge in [0.15, 0.2) is 0 Å². The Labute approximate surface area is 122 Å². The van der Waals surface area contributed by atoms with E-state index in [1.54, 1.807) is 0 Å². The van der Waals surface area contributed by atoms with Crippen LogP contribution in [-0.2, 0) is 0 Å². The summed E-state index contributed by atoms with van der Waals surface area (Å²) in [6.45, 7) is 1.99. The highest BCUT2D eigenvalue weighted by atomic mass is 35.5. The number of carbonyl (C=O) groups is 1. The van der Waals surface area contributed by atoms with Gasteiger partial charge in [0.05, 0.1) is 16.6 Å². The van der Waals surface area contributed by atoms with Crippen LogP contribution in [0.4, 0.5) is 4.39 Å². The Bertz CT molecular complexity index is 601. The van der Waals surface area contributed by atoms with Gasteiger partial charge in [-0.2, -0.15) is 0 Å². The number of halogens is 2. The Hall–Kier alpha value is -1.87. The first-order valence-electron chi connectivity index (χ1n) is 6.42. The Morgan fingerprint density at radius 1 is 1.25 bits per heavy atom. The second-order valence-corrected chi connectivity index (χ2v) is 4.88. The molecule has 1 atom stereocenters. The molecule has 2 nitrogen and oxygen atoms in total. The summed E-state index contributed by atoms with van der Waals surface area (Å²) in [6, 6.07) is 13.4. The highest BCUT2D eigenvalue weighted by Crippen LogP contribution is 2.20. The Morgan fingerprint density at radius 3 is 2.55 bits per heavy atom. The molecule has 0 saturated carbocycles. The van der Waals surface area contributed by atoms with Crippen molar-refractivity contribution in [2.75, 3.05) is 0 Å². The zero-order chi connectivity index (χ0) is 14.5. The lowest BCUT2D eigenvalue weighted by Gasteiger charge is -2.17. The average Bonchev–Trinajstić information content (AvgIpc) is 2.45. The predicted molar refractivity (Wildman–Crippen MR) is 78.4 cm³/mol. The van der Waals surface area contributed by atoms with Crippen LogP contribution < -0.4 is 5.32 Å². The van der Waals surface area contributed by atoms with E-state index in [9.17, 15) is 9.18 Å². The fourth-order valence-corrected chi connectivity index (χ4v) is 2.27. The van der Waals surface area contributed by atoms with Gasteiger partial charge in [-0.3, -0.25) is 4.79 Å². The molecule has 2 rings (SSSR count). The molecule has 0 aliphatic carbocycles. The smallest absolute Gasteiger partial charge is 0.253 e. The summed E-state index contributed by atoms with van der Waals surface area (Å²) in [6.07, 6.45) is 0.758. The molecule has 4 heteroatoms. The van der Waals surface area contributed by atoms with Gasteiger partial charge in [-0.15, -0.1) is 0 Å². The summed E-state index contributed by atoms with van der Waals surface area (Å²) in [4.78, 5) is 12.2. The van der Waals surface area contributed by atoms with Gasteiger partial charge in [0.1, 0.15) is 5.82 Å². The van der Waals surface area contributed by atoms with Crippen molar-refractivity contribution in [1.29, 1.82) is 0 Å². The summed E-state index contributed by atoms with van der Waals surface area (Å²) >= 11 is 5.90. The maximum atomic E-state index is 13.0. The van der Waals surface area contributed by atoms with E-state index in [4.69, 9.17) is 11.6 Å². The van der Waals surface area contributed by atoms with E-state index in [0.29, 0.717) is 0 Å². The number of hydrogen-bond acceptors (Lipinski definition) is 1. The van der Waals surface area contributed by atoms with Crippen LogP contribution in [0.3, 0.4) is 0 Å². The lowest BCUT2D eigenvalue weighted by Crippen LogP contribution is -2.28. The first kappa shape index (κ1) is 14.5. The number of nitrogens with one attached hydrogen (secondary N) is 1. The van der Waals surface area contributed by atoms with Crippen LogP contribution in [0.2, 0.25) is 5.02 Å². The van der Waals surface area contributed by atoms with E-state index in [0.717, 1.165) is 18.1 Å². The molecule has 0 fully saturated rings. The van der Waals surface area contributed by atoms with E-state index in [1.807, 2.05) is 37.3 Å². The molecule has 0 aromatic heterocycles. The molecular weight excluding hydrogens is 277 g/mol. The van der Waals surface area contributed by atoms with Crippen LogP contribution in [0, 0.1) is 5.82 Å². The van der Waals surface area contributed by atoms with Crippen LogP contribution in [0.15, 0.2) is 48.5 Å². The molecule has 0 bridgehead atoms. The first-order chi connectivity index (χ1) is 9.61. The molecule has 0 saturated heterocycles. The third kappa shape index (κ3) is 3.36. The van der Waals surface area contributed by atoms with E-state index in [-0.39, 0.29) is 22.5 Å². The average molecular weight is 292 g/mol. The number of benzene rings is 2. The van der Waals surface area contributed by atoms with Crippen molar-refractivity contribution in [3.63, 3.8) is 0 Å². The van der Waals surface area contributed by atoms with Crippen LogP contribution in [-0.4, -0.2) is 5.91 Å². The van der Waals surface area contributed by atoms with Gasteiger partial charge in [-0.25, -0.2) is 4.39 Å². The molecule has 0 spiro atoms. The molecule has 1 N–H and O–H groups in total. The zero-order valence-electron chi connectivity index (χ0n) is 11.1. The second kappa shape index (κ2) is 6.53. The minimum Gasteiger partial charge on any atom is -0.345 e. The largest absolute Gasteiger partial charge is 0.345 e. The summed E-state index contributed by atoms with van der Waals surface area (Å²) in [5.74, 6) is -0.757. The van der Waals surface area contributed by atoms with Crippen molar-refractivity contribution in [3.05, 3.63) is 70.5 Å². The molecule has 1 unspecified atom stereocenters. The van der Waals surface area contributed by atoms with Crippen molar-refractivity contribution in [2.45, 2.75) is 19.4 Å². The van der Waals surface area contributed by atoms with Crippen molar-refractivity contribution in [3.8, 4) is 0 Å². The number of carbonyl (C=O) groups excluding carboxylic acids is 1. The van der Waals surface area contributed by atoms with Crippen LogP contribution >= 0.6 is 11.6 Å². The van der Waals surface area contributed by atoms with Gasteiger partial charge < -0.3 is 5.32 Å². The molecule has 20 heavy (non-hydrogen) atoms. The molecule has 0 aliphatic rings. The minimum atomic E-state index is -0.457. The molecule has 0 aliphatic heterocycles. The zero-order valence-corrected chi connectivity index (χ0v) is 11.8. The van der Waals surface area contributed by atoms with Crippen LogP contribution in [0.25, 0.3) is 0 Å². The van der Waals surface area contributed by atoms with Gasteiger partial charge in [0.2, 0.25) is 0 Å². The normalized spacial score (nSPS) is 11.9. The van der Waals surface area contributed by atoms with Crippen molar-refractivity contribution < 1.29 is 9.18 Å². The number of hydrogen-bond donors (Lipinski definition) is 1. The lowest BCUT2D eigenvalue weighted by molar-refractivity contribution is 0.0935. The summed E-state index contributed by atoms with van der Waals surface area (Å²) in [7, 11) is 0. The molecule has 104 valence electrons. The fraction of sp³-hybridized carbons (Fsp3) is 0.188. The topological polar surface area (TPSA) is 29.1 Å². The van der Waals surface area contributed by atoms with Gasteiger partial charge in [-0.1, -0.05) is 48.9 Å². The molecule has 2 aromatic rings. The highest BCUT2D eigenvalue weighted by Gasteiger charge is 2.16. The highest BCUT2D eigenvalue weighted by molar-refractivity contribution is 6.33. The van der Waals surface area contributed by atoms with Crippen molar-refractivity contribution in [1.82, 2.24) is 5.32 Å². The van der Waals surface area contributed by atoms with Crippen molar-refractivity contribution in [2.24, 2.45) is 0 Å². The first-order valence-corrected chi connectivity index (χ1v) is 6.80. The quantitative estimate of drug-likeness (QED) is 0.891. The molecule has 1 amide bonds. The van der Waals surface area contributed by atoms with Crippen LogP contribution in [0.5, 0.6) is 0 Å². The van der Waals surface area contributed by atoms with Crippen LogP contribution in [0.1, 0.15) is 35.3 Å². The van der Waals surface area contributed by atoms with Gasteiger partial charge in [0.25, 0.3) is 5.91 Å². The number of amides is 1. The van der Waals surface area contributed by atoms with Crippen molar-refractivity contribution >= 4 is 17.5 Å². The summed E-state index contributed by atoms with van der Waals surface area (Å²) in [5.41, 5.74) is 1.31. The van der Waals surface area contributed by atoms with Gasteiger partial charge in [-0.05, 0) is 30.2 Å². The van der Waals surface area contributed by atoms with E-state index >= 15 is 0 Å². The summed E-state index contributed by atoms with van der Waals surface area (Å²) in [5, 5.41) is 3.03. The standard InChI is InChI=1S/C16H15ClFNO/c1-2-15(11-6-4-3-5-7-11)19-16(20)13-9-8-12(18)10-14(13)17/h3-10,15H,2H2,1H3,(H,19,20). The third-order valence-corrected chi connectivity index (χ3v) is 3.40. The molecule has 2 aromatic carbocycles. The van der Waals surface area contributed by atoms with E-state index < -0.39 is 5.82 Å². The van der Waals surface area contributed by atoms with Gasteiger partial charge in [0, 0.05) is 0 Å². The SMILES string of the molecule is CCC(NC(=O)c1ccc(F)cc1Cl)c1ccccc1. The molecule has 0 radical (unpaired) electrons. The fourth-order valence-electron chi connectivity index (χ4n) is 2.02. The predicted octanol–water partition coefficient (Wildman–Crippen LogP) is 4.36. The Kier molecular flexibility index (Phi) is 4.74. The third-order valence-electron chi connectivity index (χ3n) is 3.09. The van der Waals surface area contributed by atoms with E-state index in [1.165, 1.54) is 12.1 Å². The molecule has 0 heterocycles. The Balaban J connectivity index is 2.17. The van der Waals surface area contributed by atoms with E-state index in [2.05, 4.69) is 5.32 Å². The minimum absolute atomic E-state index is 0.0928. The Morgan fingerprint density at radius 2 is 1.95 bits per heavy atom. The monoisotopic (exact) mass is 291 g/mol. The second-order valence-electron chi connectivity index (χ2n) is 4.47. The van der Waals surface area contributed by atoms with Gasteiger partial charge >= 0.3 is 0 Å².